The highest BCUT2D eigenvalue weighted by Crippen LogP contribution is 2.19. The van der Waals surface area contributed by atoms with Gasteiger partial charge < -0.3 is 10.6 Å². The molecule has 1 heterocycles. The predicted octanol–water partition coefficient (Wildman–Crippen LogP) is 4.43. The summed E-state index contributed by atoms with van der Waals surface area (Å²) >= 11 is 13.3. The van der Waals surface area contributed by atoms with Gasteiger partial charge in [0.05, 0.1) is 11.2 Å². The number of amides is 2. The summed E-state index contributed by atoms with van der Waals surface area (Å²) in [7, 11) is 0. The largest absolute Gasteiger partial charge is 0.351 e. The van der Waals surface area contributed by atoms with Gasteiger partial charge in [-0.2, -0.15) is 0 Å². The van der Waals surface area contributed by atoms with Crippen molar-refractivity contribution in [3.63, 3.8) is 0 Å². The van der Waals surface area contributed by atoms with Crippen LogP contribution in [0.2, 0.25) is 10.0 Å². The monoisotopic (exact) mass is 426 g/mol. The average Bonchev–Trinajstić information content (AvgIpc) is 2.66. The average molecular weight is 427 g/mol. The van der Waals surface area contributed by atoms with Gasteiger partial charge in [0.15, 0.2) is 10.9 Å². The highest BCUT2D eigenvalue weighted by molar-refractivity contribution is 7.99. The summed E-state index contributed by atoms with van der Waals surface area (Å²) in [5, 5.41) is 6.83. The third-order valence-electron chi connectivity index (χ3n) is 3.37. The van der Waals surface area contributed by atoms with Gasteiger partial charge in [0.1, 0.15) is 0 Å². The molecule has 0 aliphatic rings. The summed E-state index contributed by atoms with van der Waals surface area (Å²) in [6, 6.07) is 6.87. The van der Waals surface area contributed by atoms with E-state index in [4.69, 9.17) is 23.2 Å². The predicted molar refractivity (Wildman–Crippen MR) is 110 cm³/mol. The minimum Gasteiger partial charge on any atom is -0.351 e. The first-order chi connectivity index (χ1) is 13.0. The van der Waals surface area contributed by atoms with Crippen molar-refractivity contribution in [2.24, 2.45) is 0 Å². The highest BCUT2D eigenvalue weighted by Gasteiger charge is 2.14. The lowest BCUT2D eigenvalue weighted by atomic mass is 10.2. The minimum absolute atomic E-state index is 0.134. The molecule has 1 aromatic heterocycles. The van der Waals surface area contributed by atoms with Crippen molar-refractivity contribution in [2.75, 3.05) is 17.6 Å². The Morgan fingerprint density at radius 1 is 1.19 bits per heavy atom. The first-order valence-electron chi connectivity index (χ1n) is 8.48. The molecule has 27 heavy (non-hydrogen) atoms. The summed E-state index contributed by atoms with van der Waals surface area (Å²) in [6.45, 7) is 2.39. The summed E-state index contributed by atoms with van der Waals surface area (Å²) in [5.41, 5.74) is 0.828. The third kappa shape index (κ3) is 7.36. The number of hydrogen-bond acceptors (Lipinski definition) is 5. The third-order valence-corrected chi connectivity index (χ3v) is 4.96. The molecule has 0 saturated carbocycles. The molecule has 0 fully saturated rings. The van der Waals surface area contributed by atoms with Crippen LogP contribution in [0.25, 0.3) is 0 Å². The van der Waals surface area contributed by atoms with E-state index in [1.54, 1.807) is 24.3 Å². The number of carbonyl (C=O) groups is 2. The van der Waals surface area contributed by atoms with E-state index in [0.29, 0.717) is 28.8 Å². The number of nitrogens with zero attached hydrogens (tertiary/aromatic N) is 2. The van der Waals surface area contributed by atoms with E-state index in [-0.39, 0.29) is 29.0 Å². The van der Waals surface area contributed by atoms with E-state index in [2.05, 4.69) is 27.5 Å². The molecule has 6 nitrogen and oxygen atoms in total. The number of hydrogen-bond donors (Lipinski definition) is 2. The van der Waals surface area contributed by atoms with Crippen molar-refractivity contribution in [3.05, 3.63) is 46.2 Å². The number of carbonyl (C=O) groups excluding carboxylic acids is 2. The normalized spacial score (nSPS) is 10.5. The van der Waals surface area contributed by atoms with Crippen LogP contribution in [0.15, 0.2) is 35.6 Å². The van der Waals surface area contributed by atoms with Crippen molar-refractivity contribution in [3.8, 4) is 0 Å². The van der Waals surface area contributed by atoms with E-state index in [1.807, 2.05) is 0 Å². The molecule has 0 saturated heterocycles. The summed E-state index contributed by atoms with van der Waals surface area (Å²) in [6.07, 6.45) is 3.18. The van der Waals surface area contributed by atoms with Crippen molar-refractivity contribution in [2.45, 2.75) is 31.3 Å². The smallest absolute Gasteiger partial charge is 0.271 e. The molecule has 0 aliphatic carbocycles. The van der Waals surface area contributed by atoms with E-state index < -0.39 is 0 Å². The SMILES string of the molecule is CCCSc1ncc(Cl)c(C(=O)NCCCC(=O)Nc2ccc(Cl)cc2)n1. The zero-order valence-electron chi connectivity index (χ0n) is 14.8. The van der Waals surface area contributed by atoms with Crippen LogP contribution in [0.5, 0.6) is 0 Å². The van der Waals surface area contributed by atoms with Crippen molar-refractivity contribution in [1.82, 2.24) is 15.3 Å². The number of halogens is 2. The second-order valence-electron chi connectivity index (χ2n) is 5.61. The molecule has 0 aliphatic heterocycles. The molecule has 0 atom stereocenters. The molecule has 144 valence electrons. The molecule has 9 heteroatoms. The van der Waals surface area contributed by atoms with Gasteiger partial charge >= 0.3 is 0 Å². The Hall–Kier alpha value is -1.83. The van der Waals surface area contributed by atoms with E-state index in [1.165, 1.54) is 18.0 Å². The molecule has 2 rings (SSSR count). The Morgan fingerprint density at radius 2 is 1.93 bits per heavy atom. The molecule has 0 spiro atoms. The number of aromatic nitrogens is 2. The summed E-state index contributed by atoms with van der Waals surface area (Å²) < 4.78 is 0. The van der Waals surface area contributed by atoms with Gasteiger partial charge in [-0.15, -0.1) is 0 Å². The van der Waals surface area contributed by atoms with Gasteiger partial charge in [0, 0.05) is 29.4 Å². The Balaban J connectivity index is 1.77. The maximum absolute atomic E-state index is 12.3. The molecule has 0 radical (unpaired) electrons. The topological polar surface area (TPSA) is 84.0 Å². The Morgan fingerprint density at radius 3 is 2.63 bits per heavy atom. The number of thioether (sulfide) groups is 1. The van der Waals surface area contributed by atoms with Crippen molar-refractivity contribution < 1.29 is 9.59 Å². The molecule has 0 unspecified atom stereocenters. The van der Waals surface area contributed by atoms with Crippen molar-refractivity contribution in [1.29, 1.82) is 0 Å². The Bertz CT molecular complexity index is 787. The van der Waals surface area contributed by atoms with Crippen LogP contribution in [0.1, 0.15) is 36.7 Å². The first-order valence-corrected chi connectivity index (χ1v) is 10.2. The maximum atomic E-state index is 12.3. The van der Waals surface area contributed by atoms with Crippen LogP contribution in [0.4, 0.5) is 5.69 Å². The lowest BCUT2D eigenvalue weighted by Gasteiger charge is -2.08. The molecular weight excluding hydrogens is 407 g/mol. The molecular formula is C18H20Cl2N4O2S. The van der Waals surface area contributed by atoms with E-state index in [0.717, 1.165) is 12.2 Å². The van der Waals surface area contributed by atoms with Gasteiger partial charge in [0.2, 0.25) is 5.91 Å². The molecule has 2 aromatic rings. The van der Waals surface area contributed by atoms with Crippen LogP contribution in [0.3, 0.4) is 0 Å². The van der Waals surface area contributed by atoms with Gasteiger partial charge in [-0.1, -0.05) is 41.9 Å². The standard InChI is InChI=1S/C18H20Cl2N4O2S/c1-2-10-27-18-22-11-14(20)16(24-18)17(26)21-9-3-4-15(25)23-13-7-5-12(19)6-8-13/h5-8,11H,2-4,9-10H2,1H3,(H,21,26)(H,23,25). The lowest BCUT2D eigenvalue weighted by molar-refractivity contribution is -0.116. The van der Waals surface area contributed by atoms with E-state index >= 15 is 0 Å². The van der Waals surface area contributed by atoms with Gasteiger partial charge in [-0.05, 0) is 37.1 Å². The highest BCUT2D eigenvalue weighted by atomic mass is 35.5. The fraction of sp³-hybridized carbons (Fsp3) is 0.333. The molecule has 2 N–H and O–H groups in total. The zero-order valence-corrected chi connectivity index (χ0v) is 17.1. The maximum Gasteiger partial charge on any atom is 0.271 e. The summed E-state index contributed by atoms with van der Waals surface area (Å²) in [5.74, 6) is 0.356. The molecule has 0 bridgehead atoms. The van der Waals surface area contributed by atoms with Crippen LogP contribution in [-0.2, 0) is 4.79 Å². The van der Waals surface area contributed by atoms with Crippen LogP contribution in [-0.4, -0.2) is 34.1 Å². The Labute approximate surface area is 172 Å². The van der Waals surface area contributed by atoms with Gasteiger partial charge in [0.25, 0.3) is 5.91 Å². The molecule has 2 amide bonds. The number of rotatable bonds is 9. The quantitative estimate of drug-likeness (QED) is 0.351. The summed E-state index contributed by atoms with van der Waals surface area (Å²) in [4.78, 5) is 32.5. The number of nitrogens with one attached hydrogen (secondary N) is 2. The molecule has 1 aromatic carbocycles. The second kappa shape index (κ2) is 11.1. The number of anilines is 1. The van der Waals surface area contributed by atoms with Gasteiger partial charge in [-0.3, -0.25) is 9.59 Å². The van der Waals surface area contributed by atoms with E-state index in [9.17, 15) is 9.59 Å². The van der Waals surface area contributed by atoms with Gasteiger partial charge in [-0.25, -0.2) is 9.97 Å². The minimum atomic E-state index is -0.376. The first kappa shape index (κ1) is 21.5. The van der Waals surface area contributed by atoms with Crippen LogP contribution in [0, 0.1) is 0 Å². The zero-order chi connectivity index (χ0) is 19.6. The lowest BCUT2D eigenvalue weighted by Crippen LogP contribution is -2.27. The fourth-order valence-electron chi connectivity index (χ4n) is 2.06. The fourth-order valence-corrected chi connectivity index (χ4v) is 3.04. The number of benzene rings is 1. The van der Waals surface area contributed by atoms with Crippen LogP contribution < -0.4 is 10.6 Å². The Kier molecular flexibility index (Phi) is 8.84. The second-order valence-corrected chi connectivity index (χ2v) is 7.52. The van der Waals surface area contributed by atoms with Crippen LogP contribution >= 0.6 is 35.0 Å². The van der Waals surface area contributed by atoms with Crippen molar-refractivity contribution >= 4 is 52.5 Å².